The van der Waals surface area contributed by atoms with E-state index < -0.39 is 26.7 Å². The summed E-state index contributed by atoms with van der Waals surface area (Å²) in [5.41, 5.74) is 0. The van der Waals surface area contributed by atoms with Gasteiger partial charge in [-0.3, -0.25) is 0 Å². The summed E-state index contributed by atoms with van der Waals surface area (Å²) in [5, 5.41) is -0.0113. The van der Waals surface area contributed by atoms with Crippen LogP contribution in [0.3, 0.4) is 0 Å². The summed E-state index contributed by atoms with van der Waals surface area (Å²) in [6.07, 6.45) is 0. The Bertz CT molecular complexity index is 1010. The van der Waals surface area contributed by atoms with Crippen LogP contribution in [0.4, 0.5) is 4.39 Å². The number of esters is 1. The quantitative estimate of drug-likeness (QED) is 0.502. The fraction of sp³-hybridized carbons (Fsp3) is 0. The molecule has 0 radical (unpaired) electrons. The first-order chi connectivity index (χ1) is 11.9. The summed E-state index contributed by atoms with van der Waals surface area (Å²) in [5.74, 6) is -1.57. The Kier molecular flexibility index (Phi) is 4.61. The minimum absolute atomic E-state index is 0.0234. The molecular weight excluding hydrogens is 371 g/mol. The van der Waals surface area contributed by atoms with Crippen molar-refractivity contribution >= 4 is 27.4 Å². The molecule has 1 heterocycles. The predicted octanol–water partition coefficient (Wildman–Crippen LogP) is 4.12. The summed E-state index contributed by atoms with van der Waals surface area (Å²) >= 11 is 5.74. The molecule has 5 nitrogen and oxygen atoms in total. The van der Waals surface area contributed by atoms with E-state index in [1.807, 2.05) is 0 Å². The van der Waals surface area contributed by atoms with Crippen molar-refractivity contribution < 1.29 is 26.8 Å². The van der Waals surface area contributed by atoms with E-state index in [1.54, 1.807) is 0 Å². The van der Waals surface area contributed by atoms with E-state index in [0.717, 1.165) is 18.2 Å². The van der Waals surface area contributed by atoms with Gasteiger partial charge >= 0.3 is 5.97 Å². The highest BCUT2D eigenvalue weighted by molar-refractivity contribution is 7.91. The maximum absolute atomic E-state index is 12.8. The van der Waals surface area contributed by atoms with Gasteiger partial charge in [0.05, 0.1) is 4.90 Å². The molecule has 0 bridgehead atoms. The molecule has 0 fully saturated rings. The van der Waals surface area contributed by atoms with Crippen LogP contribution in [-0.2, 0) is 9.84 Å². The van der Waals surface area contributed by atoms with Gasteiger partial charge in [0.15, 0.2) is 0 Å². The molecule has 0 aliphatic rings. The minimum Gasteiger partial charge on any atom is -0.437 e. The number of carbonyl (C=O) groups is 1. The normalized spacial score (nSPS) is 11.3. The van der Waals surface area contributed by atoms with Crippen LogP contribution >= 0.6 is 11.6 Å². The Morgan fingerprint density at radius 1 is 0.960 bits per heavy atom. The number of hydrogen-bond donors (Lipinski definition) is 0. The molecule has 0 atom stereocenters. The van der Waals surface area contributed by atoms with Crippen molar-refractivity contribution in [3.63, 3.8) is 0 Å². The molecular formula is C17H10ClFO5S. The number of carbonyl (C=O) groups excluding carboxylic acids is 1. The number of hydrogen-bond acceptors (Lipinski definition) is 5. The lowest BCUT2D eigenvalue weighted by Gasteiger charge is -2.03. The second kappa shape index (κ2) is 6.70. The Balaban J connectivity index is 1.82. The van der Waals surface area contributed by atoms with Crippen molar-refractivity contribution in [2.75, 3.05) is 0 Å². The van der Waals surface area contributed by atoms with Crippen molar-refractivity contribution in [2.45, 2.75) is 9.99 Å². The van der Waals surface area contributed by atoms with Crippen molar-refractivity contribution in [2.24, 2.45) is 0 Å². The molecule has 1 aromatic heterocycles. The summed E-state index contributed by atoms with van der Waals surface area (Å²) in [6, 6.07) is 12.7. The zero-order valence-corrected chi connectivity index (χ0v) is 14.1. The van der Waals surface area contributed by atoms with E-state index >= 15 is 0 Å². The number of rotatable bonds is 4. The topological polar surface area (TPSA) is 73.6 Å². The highest BCUT2D eigenvalue weighted by Crippen LogP contribution is 2.25. The van der Waals surface area contributed by atoms with Crippen LogP contribution in [0, 0.1) is 5.82 Å². The molecule has 3 aromatic rings. The van der Waals surface area contributed by atoms with Gasteiger partial charge in [-0.25, -0.2) is 17.6 Å². The molecule has 0 spiro atoms. The molecule has 0 saturated carbocycles. The predicted molar refractivity (Wildman–Crippen MR) is 87.0 cm³/mol. The Morgan fingerprint density at radius 2 is 1.60 bits per heavy atom. The van der Waals surface area contributed by atoms with Gasteiger partial charge in [0, 0.05) is 5.02 Å². The summed E-state index contributed by atoms with van der Waals surface area (Å²) in [7, 11) is -3.93. The first-order valence-electron chi connectivity index (χ1n) is 6.94. The second-order valence-electron chi connectivity index (χ2n) is 4.92. The van der Waals surface area contributed by atoms with E-state index in [4.69, 9.17) is 20.8 Å². The average molecular weight is 381 g/mol. The SMILES string of the molecule is O=C(Oc1ccc(F)cc1)c1ccc(S(=O)(=O)c2ccc(Cl)cc2)o1. The Labute approximate surface area is 147 Å². The van der Waals surface area contributed by atoms with Crippen LogP contribution in [0.1, 0.15) is 10.6 Å². The van der Waals surface area contributed by atoms with Gasteiger partial charge in [0.2, 0.25) is 20.7 Å². The van der Waals surface area contributed by atoms with Gasteiger partial charge < -0.3 is 9.15 Å². The standard InChI is InChI=1S/C17H10ClFO5S/c18-11-1-7-14(8-2-11)25(21,22)16-10-9-15(24-16)17(20)23-13-5-3-12(19)4-6-13/h1-10H. The highest BCUT2D eigenvalue weighted by atomic mass is 35.5. The monoisotopic (exact) mass is 380 g/mol. The zero-order chi connectivity index (χ0) is 18.0. The Hall–Kier alpha value is -2.64. The second-order valence-corrected chi connectivity index (χ2v) is 7.24. The Morgan fingerprint density at radius 3 is 2.24 bits per heavy atom. The minimum atomic E-state index is -3.93. The summed E-state index contributed by atoms with van der Waals surface area (Å²) < 4.78 is 47.8. The van der Waals surface area contributed by atoms with Crippen LogP contribution in [0.2, 0.25) is 5.02 Å². The van der Waals surface area contributed by atoms with Gasteiger partial charge in [-0.2, -0.15) is 0 Å². The molecule has 128 valence electrons. The summed E-state index contributed by atoms with van der Waals surface area (Å²) in [6.45, 7) is 0. The third-order valence-electron chi connectivity index (χ3n) is 3.20. The van der Waals surface area contributed by atoms with Crippen LogP contribution in [0.5, 0.6) is 5.75 Å². The average Bonchev–Trinajstić information content (AvgIpc) is 3.08. The molecule has 0 saturated heterocycles. The van der Waals surface area contributed by atoms with Crippen LogP contribution < -0.4 is 4.74 Å². The lowest BCUT2D eigenvalue weighted by Crippen LogP contribution is -2.07. The molecule has 0 N–H and O–H groups in total. The number of halogens is 2. The van der Waals surface area contributed by atoms with Crippen LogP contribution in [0.15, 0.2) is 75.1 Å². The number of sulfone groups is 1. The largest absolute Gasteiger partial charge is 0.437 e. The number of furan rings is 1. The zero-order valence-electron chi connectivity index (χ0n) is 12.5. The van der Waals surface area contributed by atoms with Crippen molar-refractivity contribution in [1.29, 1.82) is 0 Å². The van der Waals surface area contributed by atoms with Crippen molar-refractivity contribution in [3.8, 4) is 5.75 Å². The van der Waals surface area contributed by atoms with Gasteiger partial charge in [0.25, 0.3) is 0 Å². The maximum Gasteiger partial charge on any atom is 0.379 e. The molecule has 8 heteroatoms. The third-order valence-corrected chi connectivity index (χ3v) is 5.09. The van der Waals surface area contributed by atoms with Crippen LogP contribution in [-0.4, -0.2) is 14.4 Å². The number of ether oxygens (including phenoxy) is 1. The smallest absolute Gasteiger partial charge is 0.379 e. The molecule has 0 aliphatic carbocycles. The summed E-state index contributed by atoms with van der Waals surface area (Å²) in [4.78, 5) is 12.0. The maximum atomic E-state index is 12.8. The fourth-order valence-electron chi connectivity index (χ4n) is 1.96. The molecule has 0 unspecified atom stereocenters. The van der Waals surface area contributed by atoms with E-state index in [2.05, 4.69) is 0 Å². The van der Waals surface area contributed by atoms with Crippen molar-refractivity contribution in [3.05, 3.63) is 77.3 Å². The van der Waals surface area contributed by atoms with E-state index in [-0.39, 0.29) is 16.4 Å². The highest BCUT2D eigenvalue weighted by Gasteiger charge is 2.24. The van der Waals surface area contributed by atoms with Gasteiger partial charge in [0.1, 0.15) is 11.6 Å². The van der Waals surface area contributed by atoms with E-state index in [1.165, 1.54) is 42.5 Å². The number of benzene rings is 2. The van der Waals surface area contributed by atoms with Crippen LogP contribution in [0.25, 0.3) is 0 Å². The third kappa shape index (κ3) is 3.72. The van der Waals surface area contributed by atoms with E-state index in [0.29, 0.717) is 5.02 Å². The van der Waals surface area contributed by atoms with Crippen molar-refractivity contribution in [1.82, 2.24) is 0 Å². The van der Waals surface area contributed by atoms with Gasteiger partial charge in [-0.05, 0) is 60.7 Å². The lowest BCUT2D eigenvalue weighted by atomic mass is 10.3. The molecule has 0 aliphatic heterocycles. The van der Waals surface area contributed by atoms with Gasteiger partial charge in [-0.15, -0.1) is 0 Å². The van der Waals surface area contributed by atoms with Gasteiger partial charge in [-0.1, -0.05) is 11.6 Å². The fourth-order valence-corrected chi connectivity index (χ4v) is 3.26. The molecule has 0 amide bonds. The lowest BCUT2D eigenvalue weighted by molar-refractivity contribution is 0.0695. The molecule has 3 rings (SSSR count). The van der Waals surface area contributed by atoms with E-state index in [9.17, 15) is 17.6 Å². The molecule has 25 heavy (non-hydrogen) atoms. The molecule has 2 aromatic carbocycles. The first-order valence-corrected chi connectivity index (χ1v) is 8.80. The first kappa shape index (κ1) is 17.2.